The third-order valence-corrected chi connectivity index (χ3v) is 3.43. The monoisotopic (exact) mass is 251 g/mol. The first kappa shape index (κ1) is 12.2. The van der Waals surface area contributed by atoms with Gasteiger partial charge in [0.05, 0.1) is 12.2 Å². The zero-order chi connectivity index (χ0) is 12.3. The van der Waals surface area contributed by atoms with E-state index < -0.39 is 0 Å². The number of nitriles is 1. The highest BCUT2D eigenvalue weighted by Gasteiger charge is 2.23. The second-order valence-electron chi connectivity index (χ2n) is 4.19. The molecule has 1 aromatic rings. The van der Waals surface area contributed by atoms with Crippen molar-refractivity contribution >= 4 is 17.4 Å². The first-order valence-electron chi connectivity index (χ1n) is 5.61. The summed E-state index contributed by atoms with van der Waals surface area (Å²) in [5.41, 5.74) is 0.444. The van der Waals surface area contributed by atoms with E-state index in [1.165, 1.54) is 0 Å². The topological polar surface area (TPSA) is 57.9 Å². The van der Waals surface area contributed by atoms with Crippen LogP contribution in [0.1, 0.15) is 18.9 Å². The number of anilines is 1. The van der Waals surface area contributed by atoms with E-state index in [0.717, 1.165) is 19.6 Å². The molecule has 2 rings (SSSR count). The molecule has 90 valence electrons. The zero-order valence-electron chi connectivity index (χ0n) is 9.61. The van der Waals surface area contributed by atoms with Crippen LogP contribution in [0.4, 0.5) is 5.82 Å². The van der Waals surface area contributed by atoms with Crippen molar-refractivity contribution in [2.24, 2.45) is 5.92 Å². The molecule has 4 nitrogen and oxygen atoms in total. The van der Waals surface area contributed by atoms with Crippen molar-refractivity contribution in [2.75, 3.05) is 18.5 Å². The maximum atomic E-state index is 8.88. The molecule has 0 amide bonds. The fourth-order valence-electron chi connectivity index (χ4n) is 1.91. The second-order valence-corrected chi connectivity index (χ2v) is 4.57. The van der Waals surface area contributed by atoms with E-state index in [1.807, 2.05) is 6.07 Å². The molecule has 1 fully saturated rings. The number of hydrogen-bond donors (Lipinski definition) is 1. The van der Waals surface area contributed by atoms with Crippen LogP contribution in [0.15, 0.2) is 12.3 Å². The Morgan fingerprint density at radius 3 is 3.18 bits per heavy atom. The van der Waals surface area contributed by atoms with Gasteiger partial charge in [0.2, 0.25) is 0 Å². The Bertz CT molecular complexity index is 438. The minimum absolute atomic E-state index is 0.233. The largest absolute Gasteiger partial charge is 0.381 e. The van der Waals surface area contributed by atoms with Gasteiger partial charge in [-0.3, -0.25) is 0 Å². The molecule has 1 saturated heterocycles. The molecular weight excluding hydrogens is 238 g/mol. The van der Waals surface area contributed by atoms with Crippen LogP contribution < -0.4 is 5.32 Å². The molecule has 2 heterocycles. The van der Waals surface area contributed by atoms with Gasteiger partial charge in [-0.2, -0.15) is 5.26 Å². The van der Waals surface area contributed by atoms with Crippen molar-refractivity contribution in [1.29, 1.82) is 5.26 Å². The predicted molar refractivity (Wildman–Crippen MR) is 66.0 cm³/mol. The number of nitrogens with one attached hydrogen (secondary N) is 1. The number of rotatable bonds is 3. The number of ether oxygens (including phenoxy) is 1. The lowest BCUT2D eigenvalue weighted by Gasteiger charge is -2.20. The van der Waals surface area contributed by atoms with E-state index in [4.69, 9.17) is 21.6 Å². The average molecular weight is 252 g/mol. The Labute approximate surface area is 106 Å². The molecule has 0 radical (unpaired) electrons. The van der Waals surface area contributed by atoms with E-state index in [0.29, 0.717) is 22.3 Å². The zero-order valence-corrected chi connectivity index (χ0v) is 10.4. The van der Waals surface area contributed by atoms with Gasteiger partial charge in [-0.15, -0.1) is 0 Å². The summed E-state index contributed by atoms with van der Waals surface area (Å²) in [6, 6.07) is 3.88. The lowest BCUT2D eigenvalue weighted by molar-refractivity contribution is 0.183. The summed E-state index contributed by atoms with van der Waals surface area (Å²) in [5, 5.41) is 12.5. The molecule has 0 bridgehead atoms. The van der Waals surface area contributed by atoms with Crippen LogP contribution >= 0.6 is 11.6 Å². The van der Waals surface area contributed by atoms with Crippen LogP contribution in [0.25, 0.3) is 0 Å². The number of halogens is 1. The van der Waals surface area contributed by atoms with Gasteiger partial charge in [-0.1, -0.05) is 11.6 Å². The Hall–Kier alpha value is -1.31. The molecular formula is C12H14ClN3O. The first-order chi connectivity index (χ1) is 8.22. The van der Waals surface area contributed by atoms with Crippen LogP contribution in [-0.4, -0.2) is 24.2 Å². The van der Waals surface area contributed by atoms with Gasteiger partial charge in [0.15, 0.2) is 0 Å². The summed E-state index contributed by atoms with van der Waals surface area (Å²) >= 11 is 6.08. The van der Waals surface area contributed by atoms with Crippen molar-refractivity contribution < 1.29 is 4.74 Å². The minimum Gasteiger partial charge on any atom is -0.381 e. The van der Waals surface area contributed by atoms with Crippen molar-refractivity contribution in [3.8, 4) is 6.07 Å². The molecule has 1 N–H and O–H groups in total. The quantitative estimate of drug-likeness (QED) is 0.897. The van der Waals surface area contributed by atoms with Crippen LogP contribution in [0.2, 0.25) is 5.02 Å². The lowest BCUT2D eigenvalue weighted by atomic mass is 10.0. The Morgan fingerprint density at radius 1 is 1.71 bits per heavy atom. The van der Waals surface area contributed by atoms with E-state index >= 15 is 0 Å². The van der Waals surface area contributed by atoms with E-state index in [9.17, 15) is 0 Å². The molecule has 2 atom stereocenters. The van der Waals surface area contributed by atoms with Crippen LogP contribution in [0.3, 0.4) is 0 Å². The fourth-order valence-corrected chi connectivity index (χ4v) is 2.12. The normalized spacial score (nSPS) is 20.9. The number of aromatic nitrogens is 1. The first-order valence-corrected chi connectivity index (χ1v) is 5.99. The van der Waals surface area contributed by atoms with Crippen LogP contribution in [-0.2, 0) is 4.74 Å². The molecule has 17 heavy (non-hydrogen) atoms. The highest BCUT2D eigenvalue weighted by molar-refractivity contribution is 6.34. The Morgan fingerprint density at radius 2 is 2.53 bits per heavy atom. The number of pyridine rings is 1. The van der Waals surface area contributed by atoms with Gasteiger partial charge in [0.1, 0.15) is 16.9 Å². The maximum absolute atomic E-state index is 8.88. The summed E-state index contributed by atoms with van der Waals surface area (Å²) in [4.78, 5) is 4.16. The van der Waals surface area contributed by atoms with Crippen molar-refractivity contribution in [3.63, 3.8) is 0 Å². The van der Waals surface area contributed by atoms with Crippen molar-refractivity contribution in [1.82, 2.24) is 4.98 Å². The fraction of sp³-hybridized carbons (Fsp3) is 0.500. The smallest absolute Gasteiger partial charge is 0.146 e. The third kappa shape index (κ3) is 2.68. The van der Waals surface area contributed by atoms with Gasteiger partial charge in [0, 0.05) is 24.8 Å². The molecule has 5 heteroatoms. The Kier molecular flexibility index (Phi) is 3.82. The Balaban J connectivity index is 2.10. The van der Waals surface area contributed by atoms with E-state index in [1.54, 1.807) is 12.3 Å². The molecule has 1 aromatic heterocycles. The van der Waals surface area contributed by atoms with Gasteiger partial charge >= 0.3 is 0 Å². The highest BCUT2D eigenvalue weighted by atomic mass is 35.5. The van der Waals surface area contributed by atoms with E-state index in [-0.39, 0.29) is 6.04 Å². The predicted octanol–water partition coefficient (Wildman–Crippen LogP) is 2.44. The third-order valence-electron chi connectivity index (χ3n) is 3.05. The molecule has 0 aliphatic carbocycles. The van der Waals surface area contributed by atoms with Crippen molar-refractivity contribution in [2.45, 2.75) is 19.4 Å². The average Bonchev–Trinajstić information content (AvgIpc) is 2.85. The molecule has 0 spiro atoms. The standard InChI is InChI=1S/C12H14ClN3O/c1-8(10-3-5-17-7-10)16-12-11(13)9(6-14)2-4-15-12/h2,4,8,10H,3,5,7H2,1H3,(H,15,16). The summed E-state index contributed by atoms with van der Waals surface area (Å²) < 4.78 is 5.35. The molecule has 1 aliphatic heterocycles. The van der Waals surface area contributed by atoms with Gasteiger partial charge in [0.25, 0.3) is 0 Å². The highest BCUT2D eigenvalue weighted by Crippen LogP contribution is 2.26. The summed E-state index contributed by atoms with van der Waals surface area (Å²) in [5.74, 6) is 1.05. The molecule has 0 saturated carbocycles. The maximum Gasteiger partial charge on any atom is 0.146 e. The summed E-state index contributed by atoms with van der Waals surface area (Å²) in [6.07, 6.45) is 2.63. The van der Waals surface area contributed by atoms with Gasteiger partial charge < -0.3 is 10.1 Å². The number of nitrogens with zero attached hydrogens (tertiary/aromatic N) is 2. The second kappa shape index (κ2) is 5.35. The molecule has 0 aromatic carbocycles. The number of hydrogen-bond acceptors (Lipinski definition) is 4. The van der Waals surface area contributed by atoms with Gasteiger partial charge in [-0.05, 0) is 19.4 Å². The van der Waals surface area contributed by atoms with Crippen LogP contribution in [0, 0.1) is 17.2 Å². The summed E-state index contributed by atoms with van der Waals surface area (Å²) in [6.45, 7) is 3.66. The lowest BCUT2D eigenvalue weighted by Crippen LogP contribution is -2.26. The SMILES string of the molecule is CC(Nc1nccc(C#N)c1Cl)C1CCOC1. The van der Waals surface area contributed by atoms with Crippen LogP contribution in [0.5, 0.6) is 0 Å². The summed E-state index contributed by atoms with van der Waals surface area (Å²) in [7, 11) is 0. The van der Waals surface area contributed by atoms with Gasteiger partial charge in [-0.25, -0.2) is 4.98 Å². The van der Waals surface area contributed by atoms with Crippen molar-refractivity contribution in [3.05, 3.63) is 22.8 Å². The minimum atomic E-state index is 0.233. The molecule has 2 unspecified atom stereocenters. The van der Waals surface area contributed by atoms with E-state index in [2.05, 4.69) is 17.2 Å². The molecule has 1 aliphatic rings.